The molecule has 0 aromatic rings. The Labute approximate surface area is 75.0 Å². The van der Waals surface area contributed by atoms with Crippen molar-refractivity contribution in [3.63, 3.8) is 0 Å². The summed E-state index contributed by atoms with van der Waals surface area (Å²) in [7, 11) is 7.95. The Morgan fingerprint density at radius 1 is 1.17 bits per heavy atom. The molecule has 0 rings (SSSR count). The van der Waals surface area contributed by atoms with Gasteiger partial charge in [-0.2, -0.15) is 0 Å². The molecular formula is C8H20N4. The third-order valence-corrected chi connectivity index (χ3v) is 1.42. The summed E-state index contributed by atoms with van der Waals surface area (Å²) in [6.07, 6.45) is 0.950. The molecule has 0 aliphatic carbocycles. The van der Waals surface area contributed by atoms with Gasteiger partial charge in [0.15, 0.2) is 5.96 Å². The van der Waals surface area contributed by atoms with E-state index in [1.807, 2.05) is 38.0 Å². The maximum atomic E-state index is 5.37. The molecule has 2 N–H and O–H groups in total. The van der Waals surface area contributed by atoms with Gasteiger partial charge < -0.3 is 15.5 Å². The number of aliphatic imine (C=N–C) groups is 1. The quantitative estimate of drug-likeness (QED) is 0.365. The summed E-state index contributed by atoms with van der Waals surface area (Å²) in [5.74, 6) is 0.989. The minimum atomic E-state index is 0.706. The molecule has 0 bridgehead atoms. The van der Waals surface area contributed by atoms with Gasteiger partial charge in [-0.25, -0.2) is 0 Å². The molecule has 72 valence electrons. The van der Waals surface area contributed by atoms with E-state index in [0.29, 0.717) is 6.54 Å². The standard InChI is InChI=1S/C8H20N4/c1-11(2)8(12(3)4)10-7-5-6-9/h5-7,9H2,1-4H3. The van der Waals surface area contributed by atoms with E-state index in [1.165, 1.54) is 0 Å². The largest absolute Gasteiger partial charge is 0.349 e. The first kappa shape index (κ1) is 11.2. The Kier molecular flexibility index (Phi) is 5.45. The first-order chi connectivity index (χ1) is 5.59. The molecule has 0 aromatic heterocycles. The molecule has 0 radical (unpaired) electrons. The van der Waals surface area contributed by atoms with E-state index < -0.39 is 0 Å². The maximum Gasteiger partial charge on any atom is 0.195 e. The van der Waals surface area contributed by atoms with Crippen LogP contribution >= 0.6 is 0 Å². The maximum absolute atomic E-state index is 5.37. The van der Waals surface area contributed by atoms with Gasteiger partial charge in [-0.05, 0) is 13.0 Å². The molecule has 0 heterocycles. The van der Waals surface area contributed by atoms with Crippen molar-refractivity contribution in [2.75, 3.05) is 41.3 Å². The summed E-state index contributed by atoms with van der Waals surface area (Å²) in [6.45, 7) is 1.51. The fraction of sp³-hybridized carbons (Fsp3) is 0.875. The predicted molar refractivity (Wildman–Crippen MR) is 53.3 cm³/mol. The van der Waals surface area contributed by atoms with Crippen molar-refractivity contribution < 1.29 is 0 Å². The SMILES string of the molecule is CN(C)C(=NCCCN)N(C)C. The van der Waals surface area contributed by atoms with Crippen LogP contribution in [0.4, 0.5) is 0 Å². The molecule has 0 spiro atoms. The number of nitrogens with two attached hydrogens (primary N) is 1. The van der Waals surface area contributed by atoms with Gasteiger partial charge in [0.1, 0.15) is 0 Å². The molecule has 0 unspecified atom stereocenters. The highest BCUT2D eigenvalue weighted by molar-refractivity contribution is 5.79. The van der Waals surface area contributed by atoms with E-state index in [2.05, 4.69) is 4.99 Å². The Morgan fingerprint density at radius 3 is 2.00 bits per heavy atom. The van der Waals surface area contributed by atoms with Crippen LogP contribution in [0.25, 0.3) is 0 Å². The monoisotopic (exact) mass is 172 g/mol. The molecule has 4 heteroatoms. The van der Waals surface area contributed by atoms with Crippen molar-refractivity contribution in [1.82, 2.24) is 9.80 Å². The van der Waals surface area contributed by atoms with E-state index in [4.69, 9.17) is 5.73 Å². The number of nitrogens with zero attached hydrogens (tertiary/aromatic N) is 3. The Bertz CT molecular complexity index is 130. The van der Waals surface area contributed by atoms with Gasteiger partial charge in [0.2, 0.25) is 0 Å². The normalized spacial score (nSPS) is 9.42. The summed E-state index contributed by atoms with van der Waals surface area (Å²) >= 11 is 0. The predicted octanol–water partition coefficient (Wildman–Crippen LogP) is -0.186. The van der Waals surface area contributed by atoms with E-state index >= 15 is 0 Å². The fourth-order valence-corrected chi connectivity index (χ4v) is 0.953. The molecule has 0 saturated heterocycles. The molecule has 0 aliphatic rings. The molecular weight excluding hydrogens is 152 g/mol. The van der Waals surface area contributed by atoms with Gasteiger partial charge >= 0.3 is 0 Å². The van der Waals surface area contributed by atoms with Crippen LogP contribution in [0.1, 0.15) is 6.42 Å². The molecule has 0 saturated carbocycles. The molecule has 4 nitrogen and oxygen atoms in total. The van der Waals surface area contributed by atoms with Crippen LogP contribution in [0.5, 0.6) is 0 Å². The summed E-state index contributed by atoms with van der Waals surface area (Å²) in [5, 5.41) is 0. The third-order valence-electron chi connectivity index (χ3n) is 1.42. The van der Waals surface area contributed by atoms with E-state index in [-0.39, 0.29) is 0 Å². The average molecular weight is 172 g/mol. The molecule has 12 heavy (non-hydrogen) atoms. The van der Waals surface area contributed by atoms with Crippen molar-refractivity contribution >= 4 is 5.96 Å². The van der Waals surface area contributed by atoms with Crippen LogP contribution in [0.15, 0.2) is 4.99 Å². The Balaban J connectivity index is 4.00. The lowest BCUT2D eigenvalue weighted by Gasteiger charge is -2.22. The minimum Gasteiger partial charge on any atom is -0.349 e. The van der Waals surface area contributed by atoms with Crippen LogP contribution in [0.3, 0.4) is 0 Å². The second-order valence-corrected chi connectivity index (χ2v) is 3.11. The zero-order valence-electron chi connectivity index (χ0n) is 8.54. The van der Waals surface area contributed by atoms with Gasteiger partial charge in [-0.15, -0.1) is 0 Å². The van der Waals surface area contributed by atoms with Crippen LogP contribution in [-0.4, -0.2) is 57.0 Å². The van der Waals surface area contributed by atoms with Crippen molar-refractivity contribution in [2.45, 2.75) is 6.42 Å². The first-order valence-corrected chi connectivity index (χ1v) is 4.18. The number of hydrogen-bond acceptors (Lipinski definition) is 2. The highest BCUT2D eigenvalue weighted by Crippen LogP contribution is 1.89. The highest BCUT2D eigenvalue weighted by Gasteiger charge is 2.02. The number of hydrogen-bond donors (Lipinski definition) is 1. The smallest absolute Gasteiger partial charge is 0.195 e. The third kappa shape index (κ3) is 4.18. The second kappa shape index (κ2) is 5.83. The molecule has 0 aliphatic heterocycles. The van der Waals surface area contributed by atoms with Crippen LogP contribution in [0.2, 0.25) is 0 Å². The van der Waals surface area contributed by atoms with Gasteiger partial charge in [0, 0.05) is 34.7 Å². The molecule has 0 amide bonds. The molecule has 0 fully saturated rings. The lowest BCUT2D eigenvalue weighted by molar-refractivity contribution is 0.479. The molecule has 0 atom stereocenters. The summed E-state index contributed by atoms with van der Waals surface area (Å²) in [6, 6.07) is 0. The zero-order valence-corrected chi connectivity index (χ0v) is 8.54. The number of guanidine groups is 1. The van der Waals surface area contributed by atoms with Crippen molar-refractivity contribution in [2.24, 2.45) is 10.7 Å². The summed E-state index contributed by atoms with van der Waals surface area (Å²) < 4.78 is 0. The Hall–Kier alpha value is -0.770. The fourth-order valence-electron chi connectivity index (χ4n) is 0.953. The van der Waals surface area contributed by atoms with E-state index in [9.17, 15) is 0 Å². The lowest BCUT2D eigenvalue weighted by atomic mass is 10.4. The topological polar surface area (TPSA) is 44.9 Å². The number of rotatable bonds is 3. The van der Waals surface area contributed by atoms with Crippen molar-refractivity contribution in [1.29, 1.82) is 0 Å². The van der Waals surface area contributed by atoms with Crippen LogP contribution < -0.4 is 5.73 Å². The highest BCUT2D eigenvalue weighted by atomic mass is 15.3. The first-order valence-electron chi connectivity index (χ1n) is 4.18. The van der Waals surface area contributed by atoms with Gasteiger partial charge in [0.05, 0.1) is 0 Å². The lowest BCUT2D eigenvalue weighted by Crippen LogP contribution is -2.35. The Morgan fingerprint density at radius 2 is 1.67 bits per heavy atom. The van der Waals surface area contributed by atoms with Crippen LogP contribution in [0, 0.1) is 0 Å². The minimum absolute atomic E-state index is 0.706. The zero-order chi connectivity index (χ0) is 9.56. The van der Waals surface area contributed by atoms with E-state index in [1.54, 1.807) is 0 Å². The van der Waals surface area contributed by atoms with E-state index in [0.717, 1.165) is 18.9 Å². The summed E-state index contributed by atoms with van der Waals surface area (Å²) in [5.41, 5.74) is 5.37. The average Bonchev–Trinajstić information content (AvgIpc) is 1.96. The van der Waals surface area contributed by atoms with Gasteiger partial charge in [0.25, 0.3) is 0 Å². The van der Waals surface area contributed by atoms with Gasteiger partial charge in [-0.3, -0.25) is 4.99 Å². The summed E-state index contributed by atoms with van der Waals surface area (Å²) in [4.78, 5) is 8.39. The molecule has 0 aromatic carbocycles. The van der Waals surface area contributed by atoms with Crippen molar-refractivity contribution in [3.05, 3.63) is 0 Å². The van der Waals surface area contributed by atoms with Gasteiger partial charge in [-0.1, -0.05) is 0 Å². The van der Waals surface area contributed by atoms with Crippen LogP contribution in [-0.2, 0) is 0 Å². The second-order valence-electron chi connectivity index (χ2n) is 3.11. The van der Waals surface area contributed by atoms with Crippen molar-refractivity contribution in [3.8, 4) is 0 Å².